The summed E-state index contributed by atoms with van der Waals surface area (Å²) in [5.41, 5.74) is 0. The third kappa shape index (κ3) is 7.97. The Kier molecular flexibility index (Phi) is 8.82. The van der Waals surface area contributed by atoms with Crippen molar-refractivity contribution >= 4 is 12.4 Å². The van der Waals surface area contributed by atoms with E-state index in [2.05, 4.69) is 0 Å². The molecule has 1 aliphatic carbocycles. The van der Waals surface area contributed by atoms with Gasteiger partial charge in [-0.1, -0.05) is 19.3 Å². The highest BCUT2D eigenvalue weighted by atomic mass is 16.5. The molecule has 1 saturated carbocycles. The summed E-state index contributed by atoms with van der Waals surface area (Å²) in [7, 11) is 0. The monoisotopic (exact) mass is 216 g/mol. The first-order valence-corrected chi connectivity index (χ1v) is 5.48. The number of hydrogen-bond acceptors (Lipinski definition) is 3. The molecular formula is C11H20O4. The molecule has 0 aromatic rings. The van der Waals surface area contributed by atoms with Crippen molar-refractivity contribution in [2.75, 3.05) is 6.61 Å². The lowest BCUT2D eigenvalue weighted by Crippen LogP contribution is -2.14. The molecule has 4 heteroatoms. The summed E-state index contributed by atoms with van der Waals surface area (Å²) in [4.78, 5) is 19.5. The van der Waals surface area contributed by atoms with E-state index in [0.717, 1.165) is 0 Å². The highest BCUT2D eigenvalue weighted by molar-refractivity contribution is 5.69. The third-order valence-corrected chi connectivity index (χ3v) is 2.49. The lowest BCUT2D eigenvalue weighted by Gasteiger charge is -2.20. The summed E-state index contributed by atoms with van der Waals surface area (Å²) in [6.45, 7) is 2.13. The Bertz CT molecular complexity index is 173. The molecule has 1 fully saturated rings. The van der Waals surface area contributed by atoms with Crippen LogP contribution in [-0.2, 0) is 14.3 Å². The first-order chi connectivity index (χ1) is 7.24. The van der Waals surface area contributed by atoms with Crippen LogP contribution in [-0.4, -0.2) is 24.2 Å². The maximum Gasteiger partial charge on any atom is 0.306 e. The topological polar surface area (TPSA) is 63.6 Å². The van der Waals surface area contributed by atoms with E-state index in [-0.39, 0.29) is 12.4 Å². The van der Waals surface area contributed by atoms with E-state index in [4.69, 9.17) is 14.6 Å². The summed E-state index contributed by atoms with van der Waals surface area (Å²) in [6.07, 6.45) is 7.03. The largest absolute Gasteiger partial charge is 0.483 e. The minimum Gasteiger partial charge on any atom is -0.483 e. The van der Waals surface area contributed by atoms with Crippen LogP contribution in [0.15, 0.2) is 0 Å². The Balaban J connectivity index is 0.000000583. The predicted octanol–water partition coefficient (Wildman–Crippen LogP) is 2.22. The SMILES string of the molecule is CCOC(=O)CC1CCCCC1.O=CO. The van der Waals surface area contributed by atoms with Crippen molar-refractivity contribution in [1.29, 1.82) is 0 Å². The number of hydrogen-bond donors (Lipinski definition) is 1. The third-order valence-electron chi connectivity index (χ3n) is 2.49. The lowest BCUT2D eigenvalue weighted by atomic mass is 9.87. The number of rotatable bonds is 3. The second-order valence-corrected chi connectivity index (χ2v) is 3.62. The number of ether oxygens (including phenoxy) is 1. The van der Waals surface area contributed by atoms with Gasteiger partial charge in [0.05, 0.1) is 6.61 Å². The summed E-state index contributed by atoms with van der Waals surface area (Å²) in [5.74, 6) is 0.599. The molecule has 88 valence electrons. The van der Waals surface area contributed by atoms with Gasteiger partial charge in [-0.15, -0.1) is 0 Å². The average molecular weight is 216 g/mol. The van der Waals surface area contributed by atoms with Crippen LogP contribution in [0.2, 0.25) is 0 Å². The first-order valence-electron chi connectivity index (χ1n) is 5.48. The van der Waals surface area contributed by atoms with Crippen molar-refractivity contribution in [2.24, 2.45) is 5.92 Å². The molecule has 0 radical (unpaired) electrons. The lowest BCUT2D eigenvalue weighted by molar-refractivity contribution is -0.144. The van der Waals surface area contributed by atoms with Gasteiger partial charge >= 0.3 is 5.97 Å². The van der Waals surface area contributed by atoms with Gasteiger partial charge in [-0.05, 0) is 25.7 Å². The van der Waals surface area contributed by atoms with E-state index in [9.17, 15) is 4.79 Å². The molecule has 0 atom stereocenters. The minimum atomic E-state index is -0.250. The zero-order chi connectivity index (χ0) is 11.5. The Hall–Kier alpha value is -1.06. The van der Waals surface area contributed by atoms with Crippen LogP contribution in [0.25, 0.3) is 0 Å². The van der Waals surface area contributed by atoms with Crippen molar-refractivity contribution in [3.05, 3.63) is 0 Å². The molecular weight excluding hydrogens is 196 g/mol. The Morgan fingerprint density at radius 2 is 1.93 bits per heavy atom. The smallest absolute Gasteiger partial charge is 0.306 e. The molecule has 0 aromatic heterocycles. The normalized spacial score (nSPS) is 16.1. The molecule has 0 spiro atoms. The quantitative estimate of drug-likeness (QED) is 0.580. The highest BCUT2D eigenvalue weighted by Gasteiger charge is 2.17. The molecule has 1 N–H and O–H groups in total. The van der Waals surface area contributed by atoms with Gasteiger partial charge in [0, 0.05) is 6.42 Å². The molecule has 0 heterocycles. The molecule has 0 aliphatic heterocycles. The van der Waals surface area contributed by atoms with Crippen LogP contribution < -0.4 is 0 Å². The fraction of sp³-hybridized carbons (Fsp3) is 0.818. The van der Waals surface area contributed by atoms with Crippen molar-refractivity contribution in [2.45, 2.75) is 45.4 Å². The van der Waals surface area contributed by atoms with E-state index in [0.29, 0.717) is 18.9 Å². The van der Waals surface area contributed by atoms with Gasteiger partial charge in [-0.2, -0.15) is 0 Å². The predicted molar refractivity (Wildman–Crippen MR) is 56.5 cm³/mol. The summed E-state index contributed by atoms with van der Waals surface area (Å²) < 4.78 is 4.91. The average Bonchev–Trinajstić information content (AvgIpc) is 2.20. The van der Waals surface area contributed by atoms with Gasteiger partial charge in [0.25, 0.3) is 6.47 Å². The maximum absolute atomic E-state index is 11.1. The zero-order valence-electron chi connectivity index (χ0n) is 9.28. The number of esters is 1. The summed E-state index contributed by atoms with van der Waals surface area (Å²) >= 11 is 0. The van der Waals surface area contributed by atoms with Crippen molar-refractivity contribution in [3.63, 3.8) is 0 Å². The van der Waals surface area contributed by atoms with Gasteiger partial charge in [-0.25, -0.2) is 0 Å². The summed E-state index contributed by atoms with van der Waals surface area (Å²) in [5, 5.41) is 6.89. The van der Waals surface area contributed by atoms with E-state index < -0.39 is 0 Å². The highest BCUT2D eigenvalue weighted by Crippen LogP contribution is 2.26. The molecule has 15 heavy (non-hydrogen) atoms. The molecule has 0 saturated heterocycles. The minimum absolute atomic E-state index is 0.00981. The van der Waals surface area contributed by atoms with Crippen LogP contribution in [0.5, 0.6) is 0 Å². The molecule has 1 aliphatic rings. The number of carbonyl (C=O) groups is 2. The maximum atomic E-state index is 11.1. The van der Waals surface area contributed by atoms with Gasteiger partial charge in [-0.3, -0.25) is 9.59 Å². The van der Waals surface area contributed by atoms with Crippen LogP contribution >= 0.6 is 0 Å². The Morgan fingerprint density at radius 3 is 2.40 bits per heavy atom. The molecule has 0 bridgehead atoms. The van der Waals surface area contributed by atoms with E-state index in [1.807, 2.05) is 6.92 Å². The van der Waals surface area contributed by atoms with Gasteiger partial charge in [0.2, 0.25) is 0 Å². The van der Waals surface area contributed by atoms with Crippen molar-refractivity contribution < 1.29 is 19.4 Å². The van der Waals surface area contributed by atoms with Crippen LogP contribution in [0.3, 0.4) is 0 Å². The number of carboxylic acid groups (broad SMARTS) is 1. The van der Waals surface area contributed by atoms with Crippen LogP contribution in [0.1, 0.15) is 45.4 Å². The number of carbonyl (C=O) groups excluding carboxylic acids is 1. The molecule has 0 aromatic carbocycles. The standard InChI is InChI=1S/C10H18O2.CH2O2/c1-2-12-10(11)8-9-6-4-3-5-7-9;2-1-3/h9H,2-8H2,1H3;1H,(H,2,3). The van der Waals surface area contributed by atoms with Crippen LogP contribution in [0.4, 0.5) is 0 Å². The Morgan fingerprint density at radius 1 is 1.40 bits per heavy atom. The van der Waals surface area contributed by atoms with Gasteiger partial charge in [0.1, 0.15) is 0 Å². The van der Waals surface area contributed by atoms with E-state index in [1.165, 1.54) is 32.1 Å². The zero-order valence-corrected chi connectivity index (χ0v) is 9.28. The van der Waals surface area contributed by atoms with Crippen LogP contribution in [0, 0.1) is 5.92 Å². The van der Waals surface area contributed by atoms with Crippen molar-refractivity contribution in [1.82, 2.24) is 0 Å². The molecule has 0 unspecified atom stereocenters. The second-order valence-electron chi connectivity index (χ2n) is 3.62. The van der Waals surface area contributed by atoms with Crippen molar-refractivity contribution in [3.8, 4) is 0 Å². The Labute approximate surface area is 90.6 Å². The fourth-order valence-electron chi connectivity index (χ4n) is 1.85. The van der Waals surface area contributed by atoms with Gasteiger partial charge in [0.15, 0.2) is 0 Å². The van der Waals surface area contributed by atoms with E-state index >= 15 is 0 Å². The molecule has 0 amide bonds. The first kappa shape index (κ1) is 13.9. The fourth-order valence-corrected chi connectivity index (χ4v) is 1.85. The molecule has 1 rings (SSSR count). The molecule has 4 nitrogen and oxygen atoms in total. The van der Waals surface area contributed by atoms with Gasteiger partial charge < -0.3 is 9.84 Å². The second kappa shape index (κ2) is 9.49. The van der Waals surface area contributed by atoms with E-state index in [1.54, 1.807) is 0 Å². The summed E-state index contributed by atoms with van der Waals surface area (Å²) in [6, 6.07) is 0.